The third-order valence-electron chi connectivity index (χ3n) is 4.06. The van der Waals surface area contributed by atoms with Crippen molar-refractivity contribution in [3.05, 3.63) is 59.8 Å². The molecular formula is C19H15F6N7O3. The molecule has 0 radical (unpaired) electrons. The molecule has 0 bridgehead atoms. The molecule has 0 unspecified atom stereocenters. The van der Waals surface area contributed by atoms with Crippen molar-refractivity contribution in [2.45, 2.75) is 12.4 Å². The van der Waals surface area contributed by atoms with E-state index in [1.807, 2.05) is 0 Å². The van der Waals surface area contributed by atoms with E-state index < -0.39 is 42.0 Å². The largest absolute Gasteiger partial charge is 0.468 e. The molecule has 0 aliphatic heterocycles. The summed E-state index contributed by atoms with van der Waals surface area (Å²) in [5.74, 6) is -2.29. The Morgan fingerprint density at radius 1 is 0.943 bits per heavy atom. The van der Waals surface area contributed by atoms with Gasteiger partial charge in [0.2, 0.25) is 11.8 Å². The number of hydrogen-bond acceptors (Lipinski definition) is 7. The second-order valence-corrected chi connectivity index (χ2v) is 6.68. The standard InChI is InChI=1S/C19H15F6N7O3/c20-18(21,22)10-35-13-3-2-11(8-30-13)15(33)26-6-7-27-16(34)12-9-32(17-28-4-1-5-29-17)31-14(12)19(23,24)25/h1-5,8-9H,6-7,10H2,(H,26,33)(H,27,34). The molecule has 0 spiro atoms. The molecule has 0 aliphatic rings. The van der Waals surface area contributed by atoms with Gasteiger partial charge in [-0.05, 0) is 12.1 Å². The zero-order valence-corrected chi connectivity index (χ0v) is 17.4. The quantitative estimate of drug-likeness (QED) is 0.357. The van der Waals surface area contributed by atoms with Gasteiger partial charge in [-0.1, -0.05) is 0 Å². The minimum absolute atomic E-state index is 0.0146. The number of rotatable bonds is 8. The normalized spacial score (nSPS) is 11.7. The van der Waals surface area contributed by atoms with Crippen molar-refractivity contribution in [3.63, 3.8) is 0 Å². The summed E-state index contributed by atoms with van der Waals surface area (Å²) in [5.41, 5.74) is -2.22. The number of carbonyl (C=O) groups excluding carboxylic acids is 2. The molecule has 3 rings (SSSR count). The maximum atomic E-state index is 13.3. The molecule has 0 fully saturated rings. The summed E-state index contributed by atoms with van der Waals surface area (Å²) in [4.78, 5) is 35.5. The fourth-order valence-electron chi connectivity index (χ4n) is 2.57. The number of hydrogen-bond donors (Lipinski definition) is 2. The van der Waals surface area contributed by atoms with Crippen LogP contribution in [0.4, 0.5) is 26.3 Å². The Balaban J connectivity index is 1.55. The number of aromatic nitrogens is 5. The molecule has 2 N–H and O–H groups in total. The first kappa shape index (κ1) is 25.4. The highest BCUT2D eigenvalue weighted by Gasteiger charge is 2.39. The van der Waals surface area contributed by atoms with Crippen LogP contribution in [0.5, 0.6) is 5.88 Å². The van der Waals surface area contributed by atoms with E-state index in [0.29, 0.717) is 4.68 Å². The van der Waals surface area contributed by atoms with Crippen LogP contribution in [0, 0.1) is 0 Å². The SMILES string of the molecule is O=C(NCCNC(=O)c1cn(-c2ncccn2)nc1C(F)(F)F)c1ccc(OCC(F)(F)F)nc1. The van der Waals surface area contributed by atoms with E-state index in [1.165, 1.54) is 24.5 Å². The Morgan fingerprint density at radius 3 is 2.17 bits per heavy atom. The van der Waals surface area contributed by atoms with Crippen molar-refractivity contribution in [2.24, 2.45) is 0 Å². The second-order valence-electron chi connectivity index (χ2n) is 6.68. The van der Waals surface area contributed by atoms with Crippen molar-refractivity contribution in [2.75, 3.05) is 19.7 Å². The minimum Gasteiger partial charge on any atom is -0.468 e. The van der Waals surface area contributed by atoms with Crippen LogP contribution in [0.15, 0.2) is 43.0 Å². The zero-order chi connectivity index (χ0) is 25.6. The van der Waals surface area contributed by atoms with Crippen LogP contribution in [0.1, 0.15) is 26.4 Å². The summed E-state index contributed by atoms with van der Waals surface area (Å²) in [5, 5.41) is 7.97. The first-order chi connectivity index (χ1) is 16.4. The van der Waals surface area contributed by atoms with Gasteiger partial charge in [0.05, 0.1) is 11.1 Å². The Kier molecular flexibility index (Phi) is 7.51. The highest BCUT2D eigenvalue weighted by molar-refractivity contribution is 5.95. The maximum Gasteiger partial charge on any atom is 0.435 e. The molecule has 0 saturated heterocycles. The Bertz CT molecular complexity index is 1160. The molecule has 3 aromatic heterocycles. The third-order valence-corrected chi connectivity index (χ3v) is 4.06. The van der Waals surface area contributed by atoms with Gasteiger partial charge in [-0.15, -0.1) is 0 Å². The lowest BCUT2D eigenvalue weighted by molar-refractivity contribution is -0.154. The van der Waals surface area contributed by atoms with Crippen LogP contribution in [0.25, 0.3) is 5.95 Å². The lowest BCUT2D eigenvalue weighted by Gasteiger charge is -2.09. The molecule has 0 saturated carbocycles. The summed E-state index contributed by atoms with van der Waals surface area (Å²) in [7, 11) is 0. The molecule has 0 aromatic carbocycles. The van der Waals surface area contributed by atoms with Crippen LogP contribution >= 0.6 is 0 Å². The number of nitrogens with zero attached hydrogens (tertiary/aromatic N) is 5. The van der Waals surface area contributed by atoms with Gasteiger partial charge in [0.15, 0.2) is 12.3 Å². The molecule has 10 nitrogen and oxygen atoms in total. The van der Waals surface area contributed by atoms with Crippen molar-refractivity contribution >= 4 is 11.8 Å². The van der Waals surface area contributed by atoms with Crippen molar-refractivity contribution in [1.29, 1.82) is 0 Å². The summed E-state index contributed by atoms with van der Waals surface area (Å²) in [6.45, 7) is -1.96. The second kappa shape index (κ2) is 10.4. The molecule has 0 atom stereocenters. The summed E-state index contributed by atoms with van der Waals surface area (Å²) in [6.07, 6.45) is -5.08. The lowest BCUT2D eigenvalue weighted by Crippen LogP contribution is -2.35. The monoisotopic (exact) mass is 503 g/mol. The van der Waals surface area contributed by atoms with Crippen LogP contribution < -0.4 is 15.4 Å². The van der Waals surface area contributed by atoms with Gasteiger partial charge in [0.25, 0.3) is 11.8 Å². The molecule has 3 heterocycles. The van der Waals surface area contributed by atoms with Gasteiger partial charge in [-0.3, -0.25) is 9.59 Å². The molecule has 16 heteroatoms. The van der Waals surface area contributed by atoms with Gasteiger partial charge >= 0.3 is 12.4 Å². The highest BCUT2D eigenvalue weighted by atomic mass is 19.4. The number of carbonyl (C=O) groups is 2. The first-order valence-electron chi connectivity index (χ1n) is 9.60. The topological polar surface area (TPSA) is 124 Å². The average Bonchev–Trinajstić information content (AvgIpc) is 3.27. The van der Waals surface area contributed by atoms with Crippen molar-refractivity contribution in [1.82, 2.24) is 35.4 Å². The van der Waals surface area contributed by atoms with E-state index in [2.05, 4.69) is 35.4 Å². The maximum absolute atomic E-state index is 13.3. The lowest BCUT2D eigenvalue weighted by atomic mass is 10.2. The molecule has 186 valence electrons. The summed E-state index contributed by atoms with van der Waals surface area (Å²) >= 11 is 0. The number of nitrogens with one attached hydrogen (secondary N) is 2. The first-order valence-corrected chi connectivity index (χ1v) is 9.60. The molecule has 35 heavy (non-hydrogen) atoms. The van der Waals surface area contributed by atoms with Gasteiger partial charge in [0.1, 0.15) is 0 Å². The fraction of sp³-hybridized carbons (Fsp3) is 0.263. The predicted octanol–water partition coefficient (Wildman–Crippen LogP) is 2.18. The predicted molar refractivity (Wildman–Crippen MR) is 105 cm³/mol. The third kappa shape index (κ3) is 7.12. The Morgan fingerprint density at radius 2 is 1.60 bits per heavy atom. The summed E-state index contributed by atoms with van der Waals surface area (Å²) in [6, 6.07) is 3.68. The van der Waals surface area contributed by atoms with Crippen LogP contribution in [-0.4, -0.2) is 62.4 Å². The average molecular weight is 503 g/mol. The number of pyridine rings is 1. The van der Waals surface area contributed by atoms with E-state index in [9.17, 15) is 35.9 Å². The van der Waals surface area contributed by atoms with Gasteiger partial charge in [-0.2, -0.15) is 31.4 Å². The molecule has 0 aliphatic carbocycles. The van der Waals surface area contributed by atoms with E-state index in [-0.39, 0.29) is 30.5 Å². The fourth-order valence-corrected chi connectivity index (χ4v) is 2.57. The Hall–Kier alpha value is -4.24. The number of alkyl halides is 6. The highest BCUT2D eigenvalue weighted by Crippen LogP contribution is 2.31. The van der Waals surface area contributed by atoms with E-state index in [0.717, 1.165) is 18.5 Å². The van der Waals surface area contributed by atoms with Gasteiger partial charge in [-0.25, -0.2) is 19.6 Å². The summed E-state index contributed by atoms with van der Waals surface area (Å²) < 4.78 is 81.5. The van der Waals surface area contributed by atoms with Crippen LogP contribution in [0.2, 0.25) is 0 Å². The van der Waals surface area contributed by atoms with Crippen LogP contribution in [0.3, 0.4) is 0 Å². The van der Waals surface area contributed by atoms with Crippen LogP contribution in [-0.2, 0) is 6.18 Å². The number of halogens is 6. The zero-order valence-electron chi connectivity index (χ0n) is 17.4. The van der Waals surface area contributed by atoms with Crippen molar-refractivity contribution < 1.29 is 40.7 Å². The Labute approximate surface area is 192 Å². The van der Waals surface area contributed by atoms with Crippen molar-refractivity contribution in [3.8, 4) is 11.8 Å². The number of ether oxygens (including phenoxy) is 1. The van der Waals surface area contributed by atoms with E-state index in [1.54, 1.807) is 0 Å². The van der Waals surface area contributed by atoms with E-state index >= 15 is 0 Å². The smallest absolute Gasteiger partial charge is 0.435 e. The minimum atomic E-state index is -4.93. The van der Waals surface area contributed by atoms with Gasteiger partial charge in [0, 0.05) is 43.9 Å². The van der Waals surface area contributed by atoms with Gasteiger partial charge < -0.3 is 15.4 Å². The molecular weight excluding hydrogens is 488 g/mol. The molecule has 2 amide bonds. The van der Waals surface area contributed by atoms with E-state index in [4.69, 9.17) is 0 Å². The number of amides is 2. The molecule has 3 aromatic rings.